The number of anilines is 1. The van der Waals surface area contributed by atoms with E-state index < -0.39 is 0 Å². The fraction of sp³-hybridized carbons (Fsp3) is 0.238. The molecular formula is C21H19N5O3S. The van der Waals surface area contributed by atoms with E-state index in [1.165, 1.54) is 0 Å². The van der Waals surface area contributed by atoms with Gasteiger partial charge in [0.2, 0.25) is 17.6 Å². The molecule has 1 N–H and O–H groups in total. The van der Waals surface area contributed by atoms with Crippen LogP contribution in [0.1, 0.15) is 5.89 Å². The molecule has 2 aromatic heterocycles. The third kappa shape index (κ3) is 3.59. The normalized spacial score (nSPS) is 14.0. The van der Waals surface area contributed by atoms with E-state index in [0.717, 1.165) is 26.7 Å². The van der Waals surface area contributed by atoms with E-state index in [4.69, 9.17) is 9.26 Å². The number of nitrogens with one attached hydrogen (secondary N) is 1. The molecule has 0 radical (unpaired) electrons. The quantitative estimate of drug-likeness (QED) is 0.511. The van der Waals surface area contributed by atoms with Crippen LogP contribution in [-0.2, 0) is 11.3 Å². The third-order valence-electron chi connectivity index (χ3n) is 5.02. The average molecular weight is 421 g/mol. The van der Waals surface area contributed by atoms with E-state index in [2.05, 4.69) is 25.3 Å². The summed E-state index contributed by atoms with van der Waals surface area (Å²) in [7, 11) is 1.64. The summed E-state index contributed by atoms with van der Waals surface area (Å²) >= 11 is 1.62. The Morgan fingerprint density at radius 3 is 2.87 bits per heavy atom. The first kappa shape index (κ1) is 18.6. The average Bonchev–Trinajstić information content (AvgIpc) is 3.38. The molecule has 1 saturated heterocycles. The maximum atomic E-state index is 12.4. The number of aromatic nitrogens is 3. The number of ether oxygens (including phenoxy) is 1. The van der Waals surface area contributed by atoms with Gasteiger partial charge in [-0.25, -0.2) is 4.98 Å². The first-order valence-corrected chi connectivity index (χ1v) is 10.4. The lowest BCUT2D eigenvalue weighted by Gasteiger charge is -2.37. The molecule has 3 heterocycles. The van der Waals surface area contributed by atoms with Crippen molar-refractivity contribution in [2.75, 3.05) is 25.1 Å². The van der Waals surface area contributed by atoms with Crippen LogP contribution in [-0.4, -0.2) is 41.2 Å². The Balaban J connectivity index is 1.15. The van der Waals surface area contributed by atoms with Crippen LogP contribution < -0.4 is 15.0 Å². The fourth-order valence-electron chi connectivity index (χ4n) is 3.30. The van der Waals surface area contributed by atoms with Crippen LogP contribution in [0.25, 0.3) is 21.6 Å². The molecule has 30 heavy (non-hydrogen) atoms. The number of carbonyl (C=O) groups is 1. The van der Waals surface area contributed by atoms with Gasteiger partial charge in [-0.2, -0.15) is 4.98 Å². The highest BCUT2D eigenvalue weighted by atomic mass is 32.1. The number of carbonyl (C=O) groups excluding carboxylic acids is 1. The van der Waals surface area contributed by atoms with Crippen LogP contribution in [0.3, 0.4) is 0 Å². The largest absolute Gasteiger partial charge is 0.497 e. The van der Waals surface area contributed by atoms with E-state index in [1.807, 2.05) is 48.5 Å². The minimum absolute atomic E-state index is 0.0199. The van der Waals surface area contributed by atoms with E-state index in [1.54, 1.807) is 18.4 Å². The first-order valence-electron chi connectivity index (χ1n) is 9.55. The first-order chi connectivity index (χ1) is 14.7. The second-order valence-electron chi connectivity index (χ2n) is 7.03. The Bertz CT molecular complexity index is 1180. The van der Waals surface area contributed by atoms with E-state index >= 15 is 0 Å². The molecule has 1 aliphatic rings. The molecule has 0 bridgehead atoms. The van der Waals surface area contributed by atoms with Crippen molar-refractivity contribution < 1.29 is 14.1 Å². The summed E-state index contributed by atoms with van der Waals surface area (Å²) in [6.07, 6.45) is 0. The predicted octanol–water partition coefficient (Wildman–Crippen LogP) is 3.11. The molecule has 1 amide bonds. The number of hydrogen-bond donors (Lipinski definition) is 1. The van der Waals surface area contributed by atoms with E-state index in [-0.39, 0.29) is 18.4 Å². The Labute approximate surface area is 176 Å². The second-order valence-corrected chi connectivity index (χ2v) is 8.04. The minimum atomic E-state index is -0.0805. The van der Waals surface area contributed by atoms with Crippen molar-refractivity contribution in [3.05, 3.63) is 54.4 Å². The Hall–Kier alpha value is -3.46. The number of thiazole rings is 1. The smallest absolute Gasteiger partial charge is 0.246 e. The summed E-state index contributed by atoms with van der Waals surface area (Å²) < 4.78 is 11.6. The number of nitrogens with zero attached hydrogens (tertiary/aromatic N) is 4. The summed E-state index contributed by atoms with van der Waals surface area (Å²) in [5.41, 5.74) is 1.79. The molecule has 152 valence electrons. The number of methoxy groups -OCH3 is 1. The SMILES string of the molecule is COc1ccc2sc(N3CC(C(=O)NCc4nc(-c5ccccc5)no4)C3)nc2c1. The number of rotatable bonds is 6. The molecule has 2 aromatic carbocycles. The van der Waals surface area contributed by atoms with Gasteiger partial charge in [0, 0.05) is 24.7 Å². The maximum Gasteiger partial charge on any atom is 0.246 e. The molecule has 5 rings (SSSR count). The number of amides is 1. The zero-order valence-corrected chi connectivity index (χ0v) is 17.1. The van der Waals surface area contributed by atoms with Crippen molar-refractivity contribution in [2.45, 2.75) is 6.54 Å². The van der Waals surface area contributed by atoms with Gasteiger partial charge in [-0.05, 0) is 12.1 Å². The molecule has 1 fully saturated rings. The molecule has 4 aromatic rings. The lowest BCUT2D eigenvalue weighted by Crippen LogP contribution is -2.53. The van der Waals surface area contributed by atoms with E-state index in [9.17, 15) is 4.79 Å². The van der Waals surface area contributed by atoms with Gasteiger partial charge in [-0.3, -0.25) is 4.79 Å². The number of benzene rings is 2. The van der Waals surface area contributed by atoms with Crippen LogP contribution in [0.2, 0.25) is 0 Å². The fourth-order valence-corrected chi connectivity index (χ4v) is 4.26. The van der Waals surface area contributed by atoms with Crippen LogP contribution in [0.4, 0.5) is 5.13 Å². The molecular weight excluding hydrogens is 402 g/mol. The summed E-state index contributed by atoms with van der Waals surface area (Å²) in [4.78, 5) is 23.6. The molecule has 0 spiro atoms. The number of fused-ring (bicyclic) bond motifs is 1. The van der Waals surface area contributed by atoms with Gasteiger partial charge in [-0.15, -0.1) is 0 Å². The third-order valence-corrected chi connectivity index (χ3v) is 6.12. The molecule has 0 unspecified atom stereocenters. The van der Waals surface area contributed by atoms with Gasteiger partial charge in [-0.1, -0.05) is 46.8 Å². The maximum absolute atomic E-state index is 12.4. The van der Waals surface area contributed by atoms with Crippen LogP contribution >= 0.6 is 11.3 Å². The lowest BCUT2D eigenvalue weighted by molar-refractivity contribution is -0.126. The molecule has 1 aliphatic heterocycles. The lowest BCUT2D eigenvalue weighted by atomic mass is 10.0. The molecule has 0 aliphatic carbocycles. The van der Waals surface area contributed by atoms with E-state index in [0.29, 0.717) is 24.8 Å². The topological polar surface area (TPSA) is 93.4 Å². The van der Waals surface area contributed by atoms with Gasteiger partial charge in [0.25, 0.3) is 0 Å². The second kappa shape index (κ2) is 7.75. The highest BCUT2D eigenvalue weighted by Gasteiger charge is 2.34. The molecule has 0 atom stereocenters. The van der Waals surface area contributed by atoms with Crippen molar-refractivity contribution in [1.29, 1.82) is 0 Å². The molecule has 0 saturated carbocycles. The molecule has 8 nitrogen and oxygen atoms in total. The van der Waals surface area contributed by atoms with Crippen molar-refractivity contribution in [3.63, 3.8) is 0 Å². The molecule has 9 heteroatoms. The Morgan fingerprint density at radius 2 is 2.07 bits per heavy atom. The van der Waals surface area contributed by atoms with Gasteiger partial charge in [0.15, 0.2) is 5.13 Å². The van der Waals surface area contributed by atoms with Crippen molar-refractivity contribution in [1.82, 2.24) is 20.4 Å². The van der Waals surface area contributed by atoms with Gasteiger partial charge in [0.1, 0.15) is 5.75 Å². The Morgan fingerprint density at radius 1 is 1.23 bits per heavy atom. The summed E-state index contributed by atoms with van der Waals surface area (Å²) in [5, 5.41) is 7.77. The van der Waals surface area contributed by atoms with Crippen LogP contribution in [0, 0.1) is 5.92 Å². The van der Waals surface area contributed by atoms with Crippen LogP contribution in [0.5, 0.6) is 5.75 Å². The van der Waals surface area contributed by atoms with Gasteiger partial charge < -0.3 is 19.5 Å². The highest BCUT2D eigenvalue weighted by Crippen LogP contribution is 2.34. The zero-order chi connectivity index (χ0) is 20.5. The van der Waals surface area contributed by atoms with Gasteiger partial charge in [0.05, 0.1) is 29.8 Å². The summed E-state index contributed by atoms with van der Waals surface area (Å²) in [5.74, 6) is 1.59. The zero-order valence-electron chi connectivity index (χ0n) is 16.2. The summed E-state index contributed by atoms with van der Waals surface area (Å²) in [6.45, 7) is 1.50. The van der Waals surface area contributed by atoms with Crippen LogP contribution in [0.15, 0.2) is 53.1 Å². The Kier molecular flexibility index (Phi) is 4.80. The highest BCUT2D eigenvalue weighted by molar-refractivity contribution is 7.22. The van der Waals surface area contributed by atoms with Crippen molar-refractivity contribution >= 4 is 32.6 Å². The van der Waals surface area contributed by atoms with Crippen molar-refractivity contribution in [3.8, 4) is 17.1 Å². The standard InChI is InChI=1S/C21H19N5O3S/c1-28-15-7-8-17-16(9-15)23-21(30-17)26-11-14(12-26)20(27)22-10-18-24-19(25-29-18)13-5-3-2-4-6-13/h2-9,14H,10-12H2,1H3,(H,22,27). The predicted molar refractivity (Wildman–Crippen MR) is 113 cm³/mol. The monoisotopic (exact) mass is 421 g/mol. The minimum Gasteiger partial charge on any atom is -0.497 e. The van der Waals surface area contributed by atoms with Crippen molar-refractivity contribution in [2.24, 2.45) is 5.92 Å². The van der Waals surface area contributed by atoms with Gasteiger partial charge >= 0.3 is 0 Å². The summed E-state index contributed by atoms with van der Waals surface area (Å²) in [6, 6.07) is 15.4. The number of hydrogen-bond acceptors (Lipinski definition) is 8.